The minimum atomic E-state index is -4.67. The Labute approximate surface area is 148 Å². The fourth-order valence-electron chi connectivity index (χ4n) is 1.85. The average molecular weight is 334 g/mol. The predicted molar refractivity (Wildman–Crippen MR) is 69.6 cm³/mol. The Bertz CT molecular complexity index is 789. The molecule has 0 saturated heterocycles. The number of ketones is 1. The van der Waals surface area contributed by atoms with Crippen molar-refractivity contribution in [1.29, 1.82) is 0 Å². The third-order valence-corrected chi connectivity index (χ3v) is 3.42. The van der Waals surface area contributed by atoms with Crippen molar-refractivity contribution in [3.05, 3.63) is 70.8 Å². The Balaban J connectivity index is 0.00000242. The second-order valence-electron chi connectivity index (χ2n) is 4.34. The first-order valence-electron chi connectivity index (χ1n) is 5.78. The molecule has 0 spiro atoms. The molecule has 110 valence electrons. The van der Waals surface area contributed by atoms with Crippen molar-refractivity contribution in [2.24, 2.45) is 0 Å². The van der Waals surface area contributed by atoms with Crippen molar-refractivity contribution >= 4 is 15.9 Å². The van der Waals surface area contributed by atoms with Gasteiger partial charge in [0.1, 0.15) is 11.6 Å². The van der Waals surface area contributed by atoms with E-state index < -0.39 is 33.3 Å². The molecule has 0 saturated carbocycles. The number of hydrogen-bond acceptors (Lipinski definition) is 4. The summed E-state index contributed by atoms with van der Waals surface area (Å²) in [5.41, 5.74) is -0.227. The Morgan fingerprint density at radius 1 is 1.00 bits per heavy atom. The van der Waals surface area contributed by atoms with Gasteiger partial charge in [-0.3, -0.25) is 4.79 Å². The fraction of sp³-hybridized carbons (Fsp3) is 0.0714. The van der Waals surface area contributed by atoms with Crippen molar-refractivity contribution in [3.8, 4) is 0 Å². The zero-order valence-corrected chi connectivity index (χ0v) is 14.4. The van der Waals surface area contributed by atoms with Crippen LogP contribution in [0.5, 0.6) is 0 Å². The van der Waals surface area contributed by atoms with E-state index in [4.69, 9.17) is 0 Å². The summed E-state index contributed by atoms with van der Waals surface area (Å²) < 4.78 is 58.5. The van der Waals surface area contributed by atoms with Crippen LogP contribution in [-0.4, -0.2) is 18.8 Å². The Morgan fingerprint density at radius 2 is 1.55 bits per heavy atom. The van der Waals surface area contributed by atoms with Crippen molar-refractivity contribution in [2.45, 2.75) is 5.75 Å². The van der Waals surface area contributed by atoms with Crippen LogP contribution in [0.1, 0.15) is 21.5 Å². The van der Waals surface area contributed by atoms with Crippen LogP contribution >= 0.6 is 0 Å². The number of hydrogen-bond donors (Lipinski definition) is 0. The number of benzene rings is 2. The van der Waals surface area contributed by atoms with Gasteiger partial charge >= 0.3 is 29.6 Å². The molecule has 0 atom stereocenters. The Kier molecular flexibility index (Phi) is 6.39. The molecule has 0 aromatic heterocycles. The van der Waals surface area contributed by atoms with E-state index in [1.807, 2.05) is 0 Å². The van der Waals surface area contributed by atoms with Crippen LogP contribution in [0, 0.1) is 11.6 Å². The monoisotopic (exact) mass is 334 g/mol. The third-order valence-electron chi connectivity index (χ3n) is 2.75. The van der Waals surface area contributed by atoms with Gasteiger partial charge in [-0.1, -0.05) is 0 Å². The molecule has 0 fully saturated rings. The SMILES string of the molecule is O=C(c1ccc(F)cc1)c1ccc(F)cc1CS(=O)(=O)[O-].[Na+]. The summed E-state index contributed by atoms with van der Waals surface area (Å²) in [5, 5.41) is 0. The standard InChI is InChI=1S/C14H10F2O4S.Na/c15-11-3-1-9(2-4-11)14(17)13-6-5-12(16)7-10(13)8-21(18,19)20;/h1-7H,8H2,(H,18,19,20);/q;+1/p-1. The first kappa shape index (κ1) is 18.9. The largest absolute Gasteiger partial charge is 1.00 e. The summed E-state index contributed by atoms with van der Waals surface area (Å²) in [6, 6.07) is 7.49. The molecule has 0 aliphatic heterocycles. The molecule has 0 unspecified atom stereocenters. The molecule has 0 amide bonds. The van der Waals surface area contributed by atoms with Crippen LogP contribution in [0.4, 0.5) is 8.78 Å². The second kappa shape index (κ2) is 7.43. The molecule has 4 nitrogen and oxygen atoms in total. The van der Waals surface area contributed by atoms with Gasteiger partial charge in [0.15, 0.2) is 5.78 Å². The number of carbonyl (C=O) groups is 1. The zero-order chi connectivity index (χ0) is 15.6. The van der Waals surface area contributed by atoms with E-state index in [1.165, 1.54) is 12.1 Å². The minimum Gasteiger partial charge on any atom is -0.748 e. The van der Waals surface area contributed by atoms with Crippen molar-refractivity contribution in [1.82, 2.24) is 0 Å². The van der Waals surface area contributed by atoms with Gasteiger partial charge in [-0.2, -0.15) is 0 Å². The summed E-state index contributed by atoms with van der Waals surface area (Å²) in [6.07, 6.45) is 0. The van der Waals surface area contributed by atoms with Crippen LogP contribution < -0.4 is 29.6 Å². The van der Waals surface area contributed by atoms with Crippen LogP contribution in [-0.2, 0) is 15.9 Å². The maximum Gasteiger partial charge on any atom is 1.00 e. The van der Waals surface area contributed by atoms with E-state index in [1.54, 1.807) is 0 Å². The van der Waals surface area contributed by atoms with Gasteiger partial charge in [-0.15, -0.1) is 0 Å². The van der Waals surface area contributed by atoms with Gasteiger partial charge < -0.3 is 4.55 Å². The summed E-state index contributed by atoms with van der Waals surface area (Å²) in [4.78, 5) is 12.2. The molecular weight excluding hydrogens is 325 g/mol. The van der Waals surface area contributed by atoms with Crippen LogP contribution in [0.25, 0.3) is 0 Å². The normalized spacial score (nSPS) is 10.9. The fourth-order valence-corrected chi connectivity index (χ4v) is 2.47. The van der Waals surface area contributed by atoms with Gasteiger partial charge in [-0.25, -0.2) is 17.2 Å². The Morgan fingerprint density at radius 3 is 2.09 bits per heavy atom. The molecule has 22 heavy (non-hydrogen) atoms. The smallest absolute Gasteiger partial charge is 0.748 e. The summed E-state index contributed by atoms with van der Waals surface area (Å²) in [5.74, 6) is -2.90. The molecule has 0 aliphatic carbocycles. The van der Waals surface area contributed by atoms with E-state index in [0.717, 1.165) is 30.3 Å². The topological polar surface area (TPSA) is 74.3 Å². The van der Waals surface area contributed by atoms with Gasteiger partial charge in [0.25, 0.3) is 0 Å². The van der Waals surface area contributed by atoms with Crippen molar-refractivity contribution in [3.63, 3.8) is 0 Å². The van der Waals surface area contributed by atoms with E-state index in [0.29, 0.717) is 0 Å². The molecule has 0 heterocycles. The molecule has 0 N–H and O–H groups in total. The summed E-state index contributed by atoms with van der Waals surface area (Å²) in [6.45, 7) is 0. The molecule has 0 aliphatic rings. The number of carbonyl (C=O) groups excluding carboxylic acids is 1. The molecule has 0 bridgehead atoms. The number of rotatable bonds is 4. The minimum absolute atomic E-state index is 0. The van der Waals surface area contributed by atoms with Crippen LogP contribution in [0.2, 0.25) is 0 Å². The van der Waals surface area contributed by atoms with E-state index >= 15 is 0 Å². The van der Waals surface area contributed by atoms with Crippen molar-refractivity contribution < 1.29 is 56.1 Å². The average Bonchev–Trinajstić information content (AvgIpc) is 2.37. The summed E-state index contributed by atoms with van der Waals surface area (Å²) >= 11 is 0. The molecular formula is C14H9F2NaO4S. The predicted octanol–water partition coefficient (Wildman–Crippen LogP) is -0.755. The van der Waals surface area contributed by atoms with Crippen LogP contribution in [0.15, 0.2) is 42.5 Å². The Hall–Kier alpha value is -1.12. The quantitative estimate of drug-likeness (QED) is 0.419. The summed E-state index contributed by atoms with van der Waals surface area (Å²) in [7, 11) is -4.67. The van der Waals surface area contributed by atoms with E-state index in [-0.39, 0.29) is 46.2 Å². The second-order valence-corrected chi connectivity index (χ2v) is 5.74. The zero-order valence-electron chi connectivity index (χ0n) is 11.5. The molecule has 2 aromatic carbocycles. The third kappa shape index (κ3) is 4.96. The van der Waals surface area contributed by atoms with Gasteiger partial charge in [-0.05, 0) is 48.0 Å². The molecule has 2 rings (SSSR count). The van der Waals surface area contributed by atoms with Gasteiger partial charge in [0, 0.05) is 11.1 Å². The maximum atomic E-state index is 13.2. The van der Waals surface area contributed by atoms with Gasteiger partial charge in [0.05, 0.1) is 15.9 Å². The first-order chi connectivity index (χ1) is 9.76. The van der Waals surface area contributed by atoms with Gasteiger partial charge in [0.2, 0.25) is 0 Å². The molecule has 0 radical (unpaired) electrons. The van der Waals surface area contributed by atoms with E-state index in [2.05, 4.69) is 0 Å². The molecule has 2 aromatic rings. The maximum absolute atomic E-state index is 13.2. The van der Waals surface area contributed by atoms with E-state index in [9.17, 15) is 26.5 Å². The molecule has 8 heteroatoms. The van der Waals surface area contributed by atoms with Crippen molar-refractivity contribution in [2.75, 3.05) is 0 Å². The van der Waals surface area contributed by atoms with Crippen LogP contribution in [0.3, 0.4) is 0 Å². The number of halogens is 2. The first-order valence-corrected chi connectivity index (χ1v) is 7.36.